The van der Waals surface area contributed by atoms with Crippen LogP contribution >= 0.6 is 23.2 Å². The third-order valence-corrected chi connectivity index (χ3v) is 4.44. The van der Waals surface area contributed by atoms with Gasteiger partial charge in [0.15, 0.2) is 5.69 Å². The summed E-state index contributed by atoms with van der Waals surface area (Å²) in [7, 11) is 0. The van der Waals surface area contributed by atoms with Crippen molar-refractivity contribution in [3.8, 4) is 0 Å². The Labute approximate surface area is 150 Å². The van der Waals surface area contributed by atoms with Gasteiger partial charge in [-0.2, -0.15) is 13.2 Å². The molecule has 1 amide bonds. The van der Waals surface area contributed by atoms with Crippen molar-refractivity contribution in [2.75, 3.05) is 16.8 Å². The molecule has 132 valence electrons. The number of benzene rings is 1. The molecular formula is C15H11Cl2F3N4O. The first kappa shape index (κ1) is 17.8. The normalized spacial score (nSPS) is 17.9. The van der Waals surface area contributed by atoms with Crippen LogP contribution in [0, 0.1) is 0 Å². The summed E-state index contributed by atoms with van der Waals surface area (Å²) in [5.74, 6) is -0.137. The zero-order valence-corrected chi connectivity index (χ0v) is 14.0. The number of halogens is 5. The van der Waals surface area contributed by atoms with Crippen LogP contribution < -0.4 is 10.2 Å². The quantitative estimate of drug-likeness (QED) is 0.859. The van der Waals surface area contributed by atoms with Crippen LogP contribution in [-0.4, -0.2) is 28.7 Å². The van der Waals surface area contributed by atoms with Gasteiger partial charge in [0.25, 0.3) is 0 Å². The molecule has 1 atom stereocenters. The highest BCUT2D eigenvalue weighted by Crippen LogP contribution is 2.30. The first-order valence-corrected chi connectivity index (χ1v) is 7.95. The van der Waals surface area contributed by atoms with Gasteiger partial charge in [-0.3, -0.25) is 4.79 Å². The molecule has 1 saturated heterocycles. The summed E-state index contributed by atoms with van der Waals surface area (Å²) in [6.45, 7) is 0.433. The second-order valence-electron chi connectivity index (χ2n) is 5.38. The van der Waals surface area contributed by atoms with Gasteiger partial charge in [0, 0.05) is 12.2 Å². The van der Waals surface area contributed by atoms with Crippen LogP contribution in [0.2, 0.25) is 10.0 Å². The molecule has 0 saturated carbocycles. The van der Waals surface area contributed by atoms with Gasteiger partial charge in [0.1, 0.15) is 11.9 Å². The Kier molecular flexibility index (Phi) is 4.75. The molecule has 1 aromatic carbocycles. The van der Waals surface area contributed by atoms with Crippen LogP contribution in [-0.2, 0) is 11.0 Å². The standard InChI is InChI=1S/C15H11Cl2F3N4O/c16-9-2-1-8(7-10(9)17)24-6-5-11(14(24)25)21-13-4-3-12(22-23-13)15(18,19)20/h1-4,7,11H,5-6H2,(H,21,23). The molecule has 0 radical (unpaired) electrons. The fourth-order valence-corrected chi connectivity index (χ4v) is 2.75. The third-order valence-electron chi connectivity index (χ3n) is 3.70. The molecule has 0 bridgehead atoms. The van der Waals surface area contributed by atoms with Gasteiger partial charge in [0.05, 0.1) is 10.0 Å². The van der Waals surface area contributed by atoms with Crippen molar-refractivity contribution in [3.05, 3.63) is 46.1 Å². The number of rotatable bonds is 3. The van der Waals surface area contributed by atoms with Gasteiger partial charge in [-0.25, -0.2) is 0 Å². The van der Waals surface area contributed by atoms with E-state index in [-0.39, 0.29) is 11.7 Å². The minimum absolute atomic E-state index is 0.0994. The highest BCUT2D eigenvalue weighted by atomic mass is 35.5. The summed E-state index contributed by atoms with van der Waals surface area (Å²) in [6, 6.07) is 6.19. The van der Waals surface area contributed by atoms with Crippen molar-refractivity contribution in [1.29, 1.82) is 0 Å². The molecule has 10 heteroatoms. The maximum absolute atomic E-state index is 12.5. The van der Waals surface area contributed by atoms with E-state index in [1.165, 1.54) is 4.90 Å². The monoisotopic (exact) mass is 390 g/mol. The maximum atomic E-state index is 12.5. The molecule has 2 heterocycles. The Morgan fingerprint density at radius 1 is 1.12 bits per heavy atom. The predicted molar refractivity (Wildman–Crippen MR) is 87.9 cm³/mol. The van der Waals surface area contributed by atoms with Gasteiger partial charge in [0.2, 0.25) is 5.91 Å². The number of anilines is 2. The van der Waals surface area contributed by atoms with Crippen LogP contribution in [0.1, 0.15) is 12.1 Å². The molecule has 1 aliphatic rings. The number of hydrogen-bond acceptors (Lipinski definition) is 4. The Bertz CT molecular complexity index is 798. The van der Waals surface area contributed by atoms with E-state index in [4.69, 9.17) is 23.2 Å². The van der Waals surface area contributed by atoms with Crippen LogP contribution in [0.25, 0.3) is 0 Å². The number of aromatic nitrogens is 2. The Balaban J connectivity index is 1.71. The lowest BCUT2D eigenvalue weighted by Gasteiger charge is -2.18. The summed E-state index contributed by atoms with van der Waals surface area (Å²) in [6.07, 6.45) is -4.10. The molecule has 1 N–H and O–H groups in total. The molecule has 1 aliphatic heterocycles. The number of carbonyl (C=O) groups excluding carboxylic acids is 1. The molecule has 3 rings (SSSR count). The summed E-state index contributed by atoms with van der Waals surface area (Å²) in [4.78, 5) is 14.0. The zero-order chi connectivity index (χ0) is 18.2. The molecule has 2 aromatic rings. The van der Waals surface area contributed by atoms with Gasteiger partial charge in [-0.1, -0.05) is 23.2 Å². The fourth-order valence-electron chi connectivity index (χ4n) is 2.46. The van der Waals surface area contributed by atoms with Crippen LogP contribution in [0.4, 0.5) is 24.7 Å². The van der Waals surface area contributed by atoms with Crippen molar-refractivity contribution < 1.29 is 18.0 Å². The van der Waals surface area contributed by atoms with E-state index in [2.05, 4.69) is 15.5 Å². The van der Waals surface area contributed by atoms with Crippen molar-refractivity contribution in [1.82, 2.24) is 10.2 Å². The Morgan fingerprint density at radius 3 is 2.48 bits per heavy atom. The largest absolute Gasteiger partial charge is 0.435 e. The smallest absolute Gasteiger partial charge is 0.357 e. The van der Waals surface area contributed by atoms with Gasteiger partial charge >= 0.3 is 6.18 Å². The lowest BCUT2D eigenvalue weighted by atomic mass is 10.2. The number of hydrogen-bond donors (Lipinski definition) is 1. The van der Waals surface area contributed by atoms with Crippen LogP contribution in [0.3, 0.4) is 0 Å². The van der Waals surface area contributed by atoms with Crippen molar-refractivity contribution in [3.63, 3.8) is 0 Å². The highest BCUT2D eigenvalue weighted by Gasteiger charge is 2.35. The summed E-state index contributed by atoms with van der Waals surface area (Å²) in [5, 5.41) is 10.1. The van der Waals surface area contributed by atoms with Crippen LogP contribution in [0.5, 0.6) is 0 Å². The Morgan fingerprint density at radius 2 is 1.88 bits per heavy atom. The molecule has 1 aromatic heterocycles. The number of amides is 1. The van der Waals surface area contributed by atoms with Crippen molar-refractivity contribution in [2.45, 2.75) is 18.6 Å². The van der Waals surface area contributed by atoms with E-state index in [0.717, 1.165) is 12.1 Å². The van der Waals surface area contributed by atoms with E-state index in [1.54, 1.807) is 18.2 Å². The molecule has 0 aliphatic carbocycles. The van der Waals surface area contributed by atoms with Crippen molar-refractivity contribution in [2.24, 2.45) is 0 Å². The number of carbonyl (C=O) groups is 1. The minimum atomic E-state index is -4.56. The average molecular weight is 391 g/mol. The summed E-state index contributed by atoms with van der Waals surface area (Å²) < 4.78 is 37.4. The van der Waals surface area contributed by atoms with E-state index >= 15 is 0 Å². The second-order valence-corrected chi connectivity index (χ2v) is 6.19. The first-order chi connectivity index (χ1) is 11.8. The van der Waals surface area contributed by atoms with Crippen LogP contribution in [0.15, 0.2) is 30.3 Å². The third kappa shape index (κ3) is 3.80. The Hall–Kier alpha value is -2.06. The molecule has 5 nitrogen and oxygen atoms in total. The molecular weight excluding hydrogens is 380 g/mol. The van der Waals surface area contributed by atoms with Gasteiger partial charge < -0.3 is 10.2 Å². The zero-order valence-electron chi connectivity index (χ0n) is 12.5. The SMILES string of the molecule is O=C1C(Nc2ccc(C(F)(F)F)nn2)CCN1c1ccc(Cl)c(Cl)c1. The van der Waals surface area contributed by atoms with E-state index in [9.17, 15) is 18.0 Å². The lowest BCUT2D eigenvalue weighted by Crippen LogP contribution is -2.33. The number of alkyl halides is 3. The fraction of sp³-hybridized carbons (Fsp3) is 0.267. The molecule has 0 spiro atoms. The minimum Gasteiger partial charge on any atom is -0.357 e. The molecule has 1 fully saturated rings. The summed E-state index contributed by atoms with van der Waals surface area (Å²) >= 11 is 11.8. The predicted octanol–water partition coefficient (Wildman–Crippen LogP) is 4.02. The highest BCUT2D eigenvalue weighted by molar-refractivity contribution is 6.42. The lowest BCUT2D eigenvalue weighted by molar-refractivity contribution is -0.141. The number of nitrogens with zero attached hydrogens (tertiary/aromatic N) is 3. The van der Waals surface area contributed by atoms with E-state index in [0.29, 0.717) is 28.7 Å². The average Bonchev–Trinajstić information content (AvgIpc) is 2.91. The first-order valence-electron chi connectivity index (χ1n) is 7.19. The molecule has 1 unspecified atom stereocenters. The molecule has 25 heavy (non-hydrogen) atoms. The maximum Gasteiger partial charge on any atom is 0.435 e. The number of nitrogens with one attached hydrogen (secondary N) is 1. The van der Waals surface area contributed by atoms with Crippen molar-refractivity contribution >= 4 is 40.6 Å². The second kappa shape index (κ2) is 6.68. The van der Waals surface area contributed by atoms with Gasteiger partial charge in [-0.15, -0.1) is 10.2 Å². The van der Waals surface area contributed by atoms with Gasteiger partial charge in [-0.05, 0) is 36.8 Å². The topological polar surface area (TPSA) is 58.1 Å². The summed E-state index contributed by atoms with van der Waals surface area (Å²) in [5.41, 5.74) is -0.490. The van der Waals surface area contributed by atoms with E-state index < -0.39 is 17.9 Å². The van der Waals surface area contributed by atoms with E-state index in [1.807, 2.05) is 0 Å².